The second-order valence-electron chi connectivity index (χ2n) is 11.4. The topological polar surface area (TPSA) is 58.7 Å². The van der Waals surface area contributed by atoms with Crippen LogP contribution in [0.4, 0.5) is 4.39 Å². The van der Waals surface area contributed by atoms with Crippen molar-refractivity contribution in [1.82, 2.24) is 9.78 Å². The van der Waals surface area contributed by atoms with Crippen LogP contribution in [0.5, 0.6) is 0 Å². The lowest BCUT2D eigenvalue weighted by atomic mass is 9.48. The van der Waals surface area contributed by atoms with Crippen molar-refractivity contribution in [2.75, 3.05) is 0 Å². The van der Waals surface area contributed by atoms with Crippen molar-refractivity contribution in [3.05, 3.63) is 17.5 Å². The van der Waals surface area contributed by atoms with Gasteiger partial charge in [0.05, 0.1) is 6.54 Å². The Bertz CT molecular complexity index is 970. The third kappa shape index (κ3) is 3.15. The number of aromatic nitrogens is 2. The number of fused-ring (bicyclic) bond motifs is 5. The molecular formula is C27H34FN3O. The maximum absolute atomic E-state index is 16.4. The van der Waals surface area contributed by atoms with E-state index in [0.717, 1.165) is 57.8 Å². The Morgan fingerprint density at radius 2 is 2.06 bits per heavy atom. The highest BCUT2D eigenvalue weighted by molar-refractivity contribution is 5.82. The van der Waals surface area contributed by atoms with Crippen molar-refractivity contribution in [2.45, 2.75) is 83.8 Å². The van der Waals surface area contributed by atoms with E-state index in [0.29, 0.717) is 29.0 Å². The van der Waals surface area contributed by atoms with Gasteiger partial charge in [0.25, 0.3) is 0 Å². The van der Waals surface area contributed by atoms with Gasteiger partial charge in [-0.1, -0.05) is 13.8 Å². The van der Waals surface area contributed by atoms with Crippen LogP contribution in [0.2, 0.25) is 0 Å². The summed E-state index contributed by atoms with van der Waals surface area (Å²) in [5.74, 6) is 4.53. The van der Waals surface area contributed by atoms with Crippen LogP contribution < -0.4 is 0 Å². The molecule has 32 heavy (non-hydrogen) atoms. The first-order valence-corrected chi connectivity index (χ1v) is 12.5. The van der Waals surface area contributed by atoms with Crippen LogP contribution in [0.1, 0.15) is 82.9 Å². The zero-order valence-electron chi connectivity index (χ0n) is 19.3. The molecule has 0 N–H and O–H groups in total. The molecule has 0 bridgehead atoms. The molecule has 4 saturated carbocycles. The summed E-state index contributed by atoms with van der Waals surface area (Å²) in [4.78, 5) is 13.4. The third-order valence-corrected chi connectivity index (χ3v) is 10.0. The molecule has 5 unspecified atom stereocenters. The molecule has 1 heterocycles. The van der Waals surface area contributed by atoms with Crippen molar-refractivity contribution >= 4 is 5.78 Å². The molecule has 0 saturated heterocycles. The monoisotopic (exact) mass is 435 g/mol. The summed E-state index contributed by atoms with van der Waals surface area (Å²) in [6, 6.07) is 2.05. The molecule has 4 aliphatic rings. The standard InChI is InChI=1S/C27H34FN3O/c1-4-24-18(14-29)15-31(30-24)16-25(32)23-8-7-21-20-6-5-19-13-17(2)9-12-27(19,28)22(20)10-11-26(21,23)3/h1,15,17,19-23H,5-13,16H2,2-3H3/t17-,19?,20?,21?,22?,23+,26-,27?/m0/s1. The van der Waals surface area contributed by atoms with E-state index in [1.807, 2.05) is 6.07 Å². The van der Waals surface area contributed by atoms with Gasteiger partial charge >= 0.3 is 0 Å². The molecule has 4 aliphatic carbocycles. The van der Waals surface area contributed by atoms with E-state index in [4.69, 9.17) is 6.42 Å². The Hall–Kier alpha value is -2.14. The van der Waals surface area contributed by atoms with Gasteiger partial charge < -0.3 is 0 Å². The number of carbonyl (C=O) groups is 1. The minimum absolute atomic E-state index is 0.0165. The summed E-state index contributed by atoms with van der Waals surface area (Å²) >= 11 is 0. The van der Waals surface area contributed by atoms with Crippen molar-refractivity contribution in [3.8, 4) is 18.4 Å². The van der Waals surface area contributed by atoms with Crippen molar-refractivity contribution in [1.29, 1.82) is 5.26 Å². The van der Waals surface area contributed by atoms with Gasteiger partial charge in [0.1, 0.15) is 17.3 Å². The highest BCUT2D eigenvalue weighted by Crippen LogP contribution is 2.66. The fourth-order valence-corrected chi connectivity index (χ4v) is 8.49. The molecule has 0 aliphatic heterocycles. The average Bonchev–Trinajstić information content (AvgIpc) is 3.34. The van der Waals surface area contributed by atoms with Crippen LogP contribution in [0.15, 0.2) is 6.20 Å². The van der Waals surface area contributed by atoms with Crippen LogP contribution in [-0.4, -0.2) is 21.2 Å². The van der Waals surface area contributed by atoms with Crippen molar-refractivity contribution < 1.29 is 9.18 Å². The molecule has 0 amide bonds. The first kappa shape index (κ1) is 21.7. The minimum atomic E-state index is -0.979. The lowest BCUT2D eigenvalue weighted by Crippen LogP contribution is -2.56. The number of carbonyl (C=O) groups excluding carboxylic acids is 1. The molecule has 5 rings (SSSR count). The molecule has 1 aromatic heterocycles. The van der Waals surface area contributed by atoms with Gasteiger partial charge in [-0.15, -0.1) is 6.42 Å². The molecule has 4 nitrogen and oxygen atoms in total. The largest absolute Gasteiger partial charge is 0.297 e. The maximum Gasteiger partial charge on any atom is 0.157 e. The maximum atomic E-state index is 16.4. The number of terminal acetylenes is 1. The molecule has 0 aromatic carbocycles. The number of nitrogens with zero attached hydrogens (tertiary/aromatic N) is 3. The van der Waals surface area contributed by atoms with Gasteiger partial charge in [0.2, 0.25) is 0 Å². The Labute approximate surface area is 190 Å². The van der Waals surface area contributed by atoms with E-state index in [2.05, 4.69) is 24.9 Å². The number of alkyl halides is 1. The number of Topliss-reactive ketones (excluding diaryl/α,β-unsaturated/α-hetero) is 1. The van der Waals surface area contributed by atoms with E-state index in [9.17, 15) is 10.1 Å². The van der Waals surface area contributed by atoms with E-state index in [-0.39, 0.29) is 35.5 Å². The molecule has 4 fully saturated rings. The highest BCUT2D eigenvalue weighted by Gasteiger charge is 2.62. The zero-order chi connectivity index (χ0) is 22.7. The number of nitriles is 1. The normalized spacial score (nSPS) is 42.8. The summed E-state index contributed by atoms with van der Waals surface area (Å²) in [6.45, 7) is 4.73. The highest BCUT2D eigenvalue weighted by atomic mass is 19.1. The third-order valence-electron chi connectivity index (χ3n) is 10.0. The van der Waals surface area contributed by atoms with Gasteiger partial charge in [-0.2, -0.15) is 10.4 Å². The summed E-state index contributed by atoms with van der Waals surface area (Å²) in [6.07, 6.45) is 15.8. The SMILES string of the molecule is C#Cc1nn(CC(=O)[C@H]2CCC3C4CCC5C[C@@H](C)CCC5(F)C4CC[C@@]32C)cc1C#N. The van der Waals surface area contributed by atoms with Gasteiger partial charge in [-0.25, -0.2) is 4.39 Å². The average molecular weight is 436 g/mol. The fourth-order valence-electron chi connectivity index (χ4n) is 8.49. The lowest BCUT2D eigenvalue weighted by molar-refractivity contribution is -0.146. The molecule has 0 radical (unpaired) electrons. The Kier molecular flexibility index (Phi) is 5.23. The molecule has 1 aromatic rings. The van der Waals surface area contributed by atoms with Gasteiger partial charge in [0.15, 0.2) is 11.5 Å². The summed E-state index contributed by atoms with van der Waals surface area (Å²) in [5.41, 5.74) is -0.400. The lowest BCUT2D eigenvalue weighted by Gasteiger charge is -2.58. The number of halogens is 1. The molecule has 5 heteroatoms. The zero-order valence-corrected chi connectivity index (χ0v) is 19.3. The fraction of sp³-hybridized carbons (Fsp3) is 0.741. The molecular weight excluding hydrogens is 401 g/mol. The van der Waals surface area contributed by atoms with E-state index in [1.165, 1.54) is 4.68 Å². The second-order valence-corrected chi connectivity index (χ2v) is 11.4. The van der Waals surface area contributed by atoms with Crippen molar-refractivity contribution in [2.24, 2.45) is 40.9 Å². The smallest absolute Gasteiger partial charge is 0.157 e. The predicted octanol–water partition coefficient (Wildman–Crippen LogP) is 5.30. The summed E-state index contributed by atoms with van der Waals surface area (Å²) in [5, 5.41) is 13.5. The first-order valence-electron chi connectivity index (χ1n) is 12.5. The van der Waals surface area contributed by atoms with E-state index >= 15 is 4.39 Å². The van der Waals surface area contributed by atoms with Gasteiger partial charge in [-0.3, -0.25) is 9.48 Å². The number of hydrogen-bond acceptors (Lipinski definition) is 3. The Morgan fingerprint density at radius 3 is 2.78 bits per heavy atom. The van der Waals surface area contributed by atoms with Gasteiger partial charge in [0, 0.05) is 12.1 Å². The molecule has 0 spiro atoms. The van der Waals surface area contributed by atoms with E-state index < -0.39 is 5.67 Å². The summed E-state index contributed by atoms with van der Waals surface area (Å²) in [7, 11) is 0. The van der Waals surface area contributed by atoms with Crippen LogP contribution >= 0.6 is 0 Å². The number of ketones is 1. The predicted molar refractivity (Wildman–Crippen MR) is 120 cm³/mol. The van der Waals surface area contributed by atoms with Crippen LogP contribution in [0.25, 0.3) is 0 Å². The van der Waals surface area contributed by atoms with Crippen LogP contribution in [0.3, 0.4) is 0 Å². The van der Waals surface area contributed by atoms with Crippen LogP contribution in [0, 0.1) is 64.6 Å². The minimum Gasteiger partial charge on any atom is -0.297 e. The Morgan fingerprint density at radius 1 is 1.25 bits per heavy atom. The van der Waals surface area contributed by atoms with E-state index in [1.54, 1.807) is 6.20 Å². The second kappa shape index (κ2) is 7.72. The molecule has 8 atom stereocenters. The number of hydrogen-bond donors (Lipinski definition) is 0. The number of rotatable bonds is 3. The first-order chi connectivity index (χ1) is 15.3. The van der Waals surface area contributed by atoms with Crippen LogP contribution in [-0.2, 0) is 11.3 Å². The quantitative estimate of drug-likeness (QED) is 0.605. The van der Waals surface area contributed by atoms with Gasteiger partial charge in [-0.05, 0) is 98.7 Å². The molecule has 170 valence electrons. The Balaban J connectivity index is 1.34. The summed E-state index contributed by atoms with van der Waals surface area (Å²) < 4.78 is 18.0. The van der Waals surface area contributed by atoms with Crippen molar-refractivity contribution in [3.63, 3.8) is 0 Å².